The molecule has 32 heavy (non-hydrogen) atoms. The standard InChI is InChI=1S/C25H34O7/c1-5-20(30)32-22-13(2)24(4)14(10-17(22)27)6-7-15-16-8-9-25(31,19(29)12-26)23(16,3)11-18(28)21(15)24/h10,15-16,18,21,26,28,31H,5-9,11-12H2,1-4H3/t15-,16-,18-,21+,23-,24-,25-/m0/s1. The van der Waals surface area contributed by atoms with Crippen LogP contribution in [0.1, 0.15) is 66.2 Å². The summed E-state index contributed by atoms with van der Waals surface area (Å²) >= 11 is 0. The molecule has 0 heterocycles. The number of Topliss-reactive ketones (excluding diaryl/α,β-unsaturated/α-hetero) is 1. The molecule has 3 N–H and O–H groups in total. The van der Waals surface area contributed by atoms with Gasteiger partial charge in [-0.3, -0.25) is 14.4 Å². The van der Waals surface area contributed by atoms with Crippen LogP contribution in [0.5, 0.6) is 0 Å². The van der Waals surface area contributed by atoms with Crippen molar-refractivity contribution in [2.24, 2.45) is 28.6 Å². The van der Waals surface area contributed by atoms with Gasteiger partial charge in [0.05, 0.1) is 6.10 Å². The number of esters is 1. The molecule has 0 amide bonds. The Labute approximate surface area is 188 Å². The highest BCUT2D eigenvalue weighted by molar-refractivity contribution is 6.06. The van der Waals surface area contributed by atoms with Crippen LogP contribution < -0.4 is 0 Å². The van der Waals surface area contributed by atoms with Crippen LogP contribution in [0.3, 0.4) is 0 Å². The fourth-order valence-electron chi connectivity index (χ4n) is 7.63. The van der Waals surface area contributed by atoms with Gasteiger partial charge in [-0.15, -0.1) is 0 Å². The van der Waals surface area contributed by atoms with E-state index in [1.165, 1.54) is 0 Å². The predicted molar refractivity (Wildman–Crippen MR) is 115 cm³/mol. The fourth-order valence-corrected chi connectivity index (χ4v) is 7.63. The van der Waals surface area contributed by atoms with Crippen molar-refractivity contribution < 1.29 is 34.4 Å². The number of aliphatic hydroxyl groups excluding tert-OH is 2. The molecule has 0 spiro atoms. The average molecular weight is 447 g/mol. The number of hydrogen-bond donors (Lipinski definition) is 3. The Morgan fingerprint density at radius 3 is 2.56 bits per heavy atom. The minimum Gasteiger partial charge on any atom is -0.422 e. The summed E-state index contributed by atoms with van der Waals surface area (Å²) in [6.07, 6.45) is 3.47. The van der Waals surface area contributed by atoms with Crippen LogP contribution >= 0.6 is 0 Å². The van der Waals surface area contributed by atoms with E-state index >= 15 is 0 Å². The molecule has 0 radical (unpaired) electrons. The lowest BCUT2D eigenvalue weighted by Crippen LogP contribution is -2.62. The number of ketones is 2. The van der Waals surface area contributed by atoms with E-state index in [9.17, 15) is 29.7 Å². The summed E-state index contributed by atoms with van der Waals surface area (Å²) in [7, 11) is 0. The number of hydrogen-bond acceptors (Lipinski definition) is 7. The number of rotatable bonds is 4. The number of carbonyl (C=O) groups excluding carboxylic acids is 3. The van der Waals surface area contributed by atoms with Gasteiger partial charge in [-0.2, -0.15) is 0 Å². The normalized spacial score (nSPS) is 43.2. The van der Waals surface area contributed by atoms with E-state index in [2.05, 4.69) is 0 Å². The second-order valence-corrected chi connectivity index (χ2v) is 10.5. The summed E-state index contributed by atoms with van der Waals surface area (Å²) in [6.45, 7) is 6.65. The predicted octanol–water partition coefficient (Wildman–Crippen LogP) is 2.23. The third kappa shape index (κ3) is 2.87. The lowest BCUT2D eigenvalue weighted by atomic mass is 9.45. The first-order chi connectivity index (χ1) is 15.0. The number of aliphatic hydroxyl groups is 3. The number of ether oxygens (including phenoxy) is 1. The molecular weight excluding hydrogens is 412 g/mol. The van der Waals surface area contributed by atoms with Crippen molar-refractivity contribution in [2.75, 3.05) is 6.61 Å². The van der Waals surface area contributed by atoms with E-state index < -0.39 is 40.9 Å². The minimum atomic E-state index is -1.65. The van der Waals surface area contributed by atoms with Crippen molar-refractivity contribution in [1.82, 2.24) is 0 Å². The maximum absolute atomic E-state index is 12.8. The number of allylic oxidation sites excluding steroid dienone is 3. The van der Waals surface area contributed by atoms with Gasteiger partial charge in [0.25, 0.3) is 0 Å². The highest BCUT2D eigenvalue weighted by atomic mass is 16.5. The van der Waals surface area contributed by atoms with Crippen molar-refractivity contribution in [1.29, 1.82) is 0 Å². The molecule has 0 aromatic rings. The molecule has 3 saturated carbocycles. The quantitative estimate of drug-likeness (QED) is 0.566. The second kappa shape index (κ2) is 7.61. The van der Waals surface area contributed by atoms with E-state index in [1.807, 2.05) is 20.8 Å². The Balaban J connectivity index is 1.78. The van der Waals surface area contributed by atoms with Gasteiger partial charge in [-0.25, -0.2) is 0 Å². The second-order valence-electron chi connectivity index (χ2n) is 10.5. The monoisotopic (exact) mass is 446 g/mol. The summed E-state index contributed by atoms with van der Waals surface area (Å²) in [5.74, 6) is -1.50. The Morgan fingerprint density at radius 1 is 1.25 bits per heavy atom. The molecule has 3 fully saturated rings. The van der Waals surface area contributed by atoms with Crippen molar-refractivity contribution in [3.05, 3.63) is 23.0 Å². The molecular formula is C25H34O7. The fraction of sp³-hybridized carbons (Fsp3) is 0.720. The van der Waals surface area contributed by atoms with Crippen LogP contribution in [-0.2, 0) is 19.1 Å². The summed E-state index contributed by atoms with van der Waals surface area (Å²) in [4.78, 5) is 37.3. The van der Waals surface area contributed by atoms with Gasteiger partial charge in [-0.05, 0) is 62.5 Å². The van der Waals surface area contributed by atoms with Crippen LogP contribution in [0.15, 0.2) is 23.0 Å². The topological polar surface area (TPSA) is 121 Å². The molecule has 7 atom stereocenters. The van der Waals surface area contributed by atoms with Gasteiger partial charge in [0.1, 0.15) is 12.2 Å². The van der Waals surface area contributed by atoms with E-state index in [4.69, 9.17) is 4.74 Å². The molecule has 0 saturated heterocycles. The molecule has 0 aliphatic heterocycles. The van der Waals surface area contributed by atoms with Crippen LogP contribution in [0, 0.1) is 28.6 Å². The van der Waals surface area contributed by atoms with Crippen LogP contribution in [-0.4, -0.2) is 51.2 Å². The summed E-state index contributed by atoms with van der Waals surface area (Å²) in [5.41, 5.74) is -1.52. The first-order valence-electron chi connectivity index (χ1n) is 11.7. The Morgan fingerprint density at radius 2 is 1.94 bits per heavy atom. The van der Waals surface area contributed by atoms with Gasteiger partial charge in [0.15, 0.2) is 11.5 Å². The molecule has 0 bridgehead atoms. The molecule has 4 aliphatic rings. The van der Waals surface area contributed by atoms with Gasteiger partial charge < -0.3 is 20.1 Å². The van der Waals surface area contributed by atoms with Crippen LogP contribution in [0.25, 0.3) is 0 Å². The molecule has 7 nitrogen and oxygen atoms in total. The first kappa shape index (κ1) is 23.3. The summed E-state index contributed by atoms with van der Waals surface area (Å²) in [6, 6.07) is 0. The van der Waals surface area contributed by atoms with Crippen molar-refractivity contribution >= 4 is 17.5 Å². The van der Waals surface area contributed by atoms with Gasteiger partial charge in [0, 0.05) is 23.2 Å². The Bertz CT molecular complexity index is 933. The highest BCUT2D eigenvalue weighted by Crippen LogP contribution is 2.68. The zero-order chi connectivity index (χ0) is 23.6. The highest BCUT2D eigenvalue weighted by Gasteiger charge is 2.68. The molecule has 0 aromatic heterocycles. The van der Waals surface area contributed by atoms with E-state index in [0.717, 1.165) is 12.0 Å². The Hall–Kier alpha value is -1.83. The number of carbonyl (C=O) groups is 3. The van der Waals surface area contributed by atoms with Crippen molar-refractivity contribution in [2.45, 2.75) is 77.9 Å². The molecule has 7 heteroatoms. The Kier molecular flexibility index (Phi) is 5.55. The molecule has 0 aromatic carbocycles. The zero-order valence-corrected chi connectivity index (χ0v) is 19.3. The van der Waals surface area contributed by atoms with E-state index in [-0.39, 0.29) is 48.6 Å². The minimum absolute atomic E-state index is 0.00171. The van der Waals surface area contributed by atoms with Crippen LogP contribution in [0.4, 0.5) is 0 Å². The van der Waals surface area contributed by atoms with Crippen molar-refractivity contribution in [3.63, 3.8) is 0 Å². The molecule has 0 unspecified atom stereocenters. The van der Waals surface area contributed by atoms with E-state index in [1.54, 1.807) is 13.0 Å². The van der Waals surface area contributed by atoms with Crippen LogP contribution in [0.2, 0.25) is 0 Å². The third-order valence-electron chi connectivity index (χ3n) is 9.45. The lowest BCUT2D eigenvalue weighted by Gasteiger charge is -2.60. The van der Waals surface area contributed by atoms with Gasteiger partial charge >= 0.3 is 5.97 Å². The maximum Gasteiger partial charge on any atom is 0.311 e. The van der Waals surface area contributed by atoms with Gasteiger partial charge in [-0.1, -0.05) is 26.3 Å². The number of fused-ring (bicyclic) bond motifs is 5. The maximum atomic E-state index is 12.8. The lowest BCUT2D eigenvalue weighted by molar-refractivity contribution is -0.179. The third-order valence-corrected chi connectivity index (χ3v) is 9.45. The molecule has 176 valence electrons. The molecule has 4 rings (SSSR count). The average Bonchev–Trinajstić information content (AvgIpc) is 3.02. The van der Waals surface area contributed by atoms with Crippen molar-refractivity contribution in [3.8, 4) is 0 Å². The molecule has 4 aliphatic carbocycles. The zero-order valence-electron chi connectivity index (χ0n) is 19.3. The summed E-state index contributed by atoms with van der Waals surface area (Å²) in [5, 5.41) is 32.3. The van der Waals surface area contributed by atoms with Gasteiger partial charge in [0.2, 0.25) is 5.78 Å². The van der Waals surface area contributed by atoms with E-state index in [0.29, 0.717) is 18.4 Å². The SMILES string of the molecule is CCC(=O)OC1=C(C)[C@@]2(C)C(=CC1=O)CC[C@@H]1[C@@H]2[C@@H](O)C[C@@]2(C)[C@H]1CC[C@]2(O)C(=O)CO. The smallest absolute Gasteiger partial charge is 0.311 e. The largest absolute Gasteiger partial charge is 0.422 e. The summed E-state index contributed by atoms with van der Waals surface area (Å²) < 4.78 is 5.43. The first-order valence-corrected chi connectivity index (χ1v) is 11.7.